The Morgan fingerprint density at radius 2 is 2.42 bits per heavy atom. The summed E-state index contributed by atoms with van der Waals surface area (Å²) in [5, 5.41) is 17.3. The van der Waals surface area contributed by atoms with Crippen molar-refractivity contribution < 1.29 is 19.4 Å². The lowest BCUT2D eigenvalue weighted by atomic mass is 10.4. The zero-order valence-electron chi connectivity index (χ0n) is 6.64. The maximum absolute atomic E-state index is 8.88. The van der Waals surface area contributed by atoms with Crippen molar-refractivity contribution in [3.63, 3.8) is 0 Å². The zero-order chi connectivity index (χ0) is 8.81. The molecule has 68 valence electrons. The van der Waals surface area contributed by atoms with Crippen LogP contribution in [0.4, 0.5) is 0 Å². The third-order valence-electron chi connectivity index (χ3n) is 1.35. The van der Waals surface area contributed by atoms with Gasteiger partial charge in [-0.2, -0.15) is 0 Å². The van der Waals surface area contributed by atoms with E-state index in [0.717, 1.165) is 0 Å². The number of aliphatic hydroxyl groups is 2. The van der Waals surface area contributed by atoms with E-state index in [-0.39, 0.29) is 13.2 Å². The predicted octanol–water partition coefficient (Wildman–Crippen LogP) is 0.149. The highest BCUT2D eigenvalue weighted by molar-refractivity contribution is 4.95. The van der Waals surface area contributed by atoms with Crippen molar-refractivity contribution in [1.29, 1.82) is 0 Å². The Labute approximate surface area is 70.4 Å². The van der Waals surface area contributed by atoms with Gasteiger partial charge in [0, 0.05) is 0 Å². The molecule has 0 radical (unpaired) electrons. The van der Waals surface area contributed by atoms with Gasteiger partial charge in [0.25, 0.3) is 0 Å². The quantitative estimate of drug-likeness (QED) is 0.663. The summed E-state index contributed by atoms with van der Waals surface area (Å²) < 4.78 is 10.0. The van der Waals surface area contributed by atoms with Gasteiger partial charge in [-0.1, -0.05) is 0 Å². The van der Waals surface area contributed by atoms with E-state index in [9.17, 15) is 0 Å². The van der Waals surface area contributed by atoms with Crippen LogP contribution in [0.1, 0.15) is 5.76 Å². The summed E-state index contributed by atoms with van der Waals surface area (Å²) in [4.78, 5) is 0. The number of rotatable bonds is 5. The lowest BCUT2D eigenvalue weighted by Crippen LogP contribution is -2.19. The van der Waals surface area contributed by atoms with Gasteiger partial charge in [0.05, 0.1) is 19.5 Å². The van der Waals surface area contributed by atoms with Gasteiger partial charge in [-0.25, -0.2) is 0 Å². The smallest absolute Gasteiger partial charge is 0.129 e. The van der Waals surface area contributed by atoms with E-state index < -0.39 is 6.10 Å². The van der Waals surface area contributed by atoms with Crippen LogP contribution in [-0.4, -0.2) is 29.5 Å². The summed E-state index contributed by atoms with van der Waals surface area (Å²) in [6.07, 6.45) is 0.751. The van der Waals surface area contributed by atoms with Crippen LogP contribution in [0.3, 0.4) is 0 Å². The van der Waals surface area contributed by atoms with Crippen molar-refractivity contribution >= 4 is 0 Å². The second kappa shape index (κ2) is 4.92. The average Bonchev–Trinajstić information content (AvgIpc) is 2.57. The number of aliphatic hydroxyl groups excluding tert-OH is 2. The van der Waals surface area contributed by atoms with E-state index in [4.69, 9.17) is 19.4 Å². The molecule has 1 atom stereocenters. The van der Waals surface area contributed by atoms with Gasteiger partial charge in [0.15, 0.2) is 0 Å². The fourth-order valence-corrected chi connectivity index (χ4v) is 0.743. The first kappa shape index (κ1) is 9.25. The van der Waals surface area contributed by atoms with Crippen molar-refractivity contribution in [2.24, 2.45) is 0 Å². The molecule has 4 nitrogen and oxygen atoms in total. The molecule has 0 fully saturated rings. The molecule has 1 heterocycles. The second-order valence-electron chi connectivity index (χ2n) is 2.43. The van der Waals surface area contributed by atoms with Crippen LogP contribution in [0.5, 0.6) is 0 Å². The lowest BCUT2D eigenvalue weighted by Gasteiger charge is -2.06. The van der Waals surface area contributed by atoms with Crippen LogP contribution in [0.15, 0.2) is 22.8 Å². The van der Waals surface area contributed by atoms with E-state index in [1.165, 1.54) is 0 Å². The van der Waals surface area contributed by atoms with Crippen molar-refractivity contribution in [2.75, 3.05) is 13.2 Å². The Kier molecular flexibility index (Phi) is 3.79. The molecule has 0 aromatic carbocycles. The molecule has 0 amide bonds. The van der Waals surface area contributed by atoms with Crippen LogP contribution in [0.25, 0.3) is 0 Å². The Bertz CT molecular complexity index is 195. The highest BCUT2D eigenvalue weighted by atomic mass is 16.5. The van der Waals surface area contributed by atoms with Crippen molar-refractivity contribution in [3.8, 4) is 0 Å². The minimum absolute atomic E-state index is 0.122. The zero-order valence-corrected chi connectivity index (χ0v) is 6.64. The van der Waals surface area contributed by atoms with E-state index >= 15 is 0 Å². The van der Waals surface area contributed by atoms with Crippen LogP contribution < -0.4 is 0 Å². The Morgan fingerprint density at radius 3 is 3.00 bits per heavy atom. The molecule has 1 aromatic heterocycles. The minimum Gasteiger partial charge on any atom is -0.467 e. The van der Waals surface area contributed by atoms with Gasteiger partial charge >= 0.3 is 0 Å². The molecule has 1 rings (SSSR count). The Balaban J connectivity index is 2.11. The van der Waals surface area contributed by atoms with Crippen LogP contribution in [0.2, 0.25) is 0 Å². The minimum atomic E-state index is -0.806. The monoisotopic (exact) mass is 172 g/mol. The van der Waals surface area contributed by atoms with Gasteiger partial charge in [-0.15, -0.1) is 0 Å². The van der Waals surface area contributed by atoms with E-state index in [0.29, 0.717) is 12.4 Å². The molecule has 1 aromatic rings. The van der Waals surface area contributed by atoms with Crippen molar-refractivity contribution in [3.05, 3.63) is 24.2 Å². The summed E-state index contributed by atoms with van der Waals surface area (Å²) in [7, 11) is 0. The number of ether oxygens (including phenoxy) is 1. The molecule has 0 aliphatic heterocycles. The first-order chi connectivity index (χ1) is 5.83. The molecular formula is C8H12O4. The maximum Gasteiger partial charge on any atom is 0.129 e. The van der Waals surface area contributed by atoms with Gasteiger partial charge in [0.1, 0.15) is 18.5 Å². The maximum atomic E-state index is 8.88. The third kappa shape index (κ3) is 3.04. The standard InChI is InChI=1S/C8H12O4/c9-4-7(10)5-11-6-8-2-1-3-12-8/h1-3,7,9-10H,4-6H2/t7-/m1/s1. The number of furan rings is 1. The largest absolute Gasteiger partial charge is 0.467 e. The van der Waals surface area contributed by atoms with Crippen molar-refractivity contribution in [1.82, 2.24) is 0 Å². The summed E-state index contributed by atoms with van der Waals surface area (Å²) >= 11 is 0. The molecule has 0 saturated heterocycles. The molecule has 0 saturated carbocycles. The Hall–Kier alpha value is -0.840. The topological polar surface area (TPSA) is 62.8 Å². The SMILES string of the molecule is OC[C@@H](O)COCc1ccco1. The van der Waals surface area contributed by atoms with E-state index in [2.05, 4.69) is 0 Å². The van der Waals surface area contributed by atoms with Gasteiger partial charge in [-0.05, 0) is 12.1 Å². The second-order valence-corrected chi connectivity index (χ2v) is 2.43. The fraction of sp³-hybridized carbons (Fsp3) is 0.500. The van der Waals surface area contributed by atoms with Crippen LogP contribution in [0, 0.1) is 0 Å². The van der Waals surface area contributed by atoms with Gasteiger partial charge < -0.3 is 19.4 Å². The van der Waals surface area contributed by atoms with Gasteiger partial charge in [-0.3, -0.25) is 0 Å². The first-order valence-corrected chi connectivity index (χ1v) is 3.72. The molecule has 0 aliphatic carbocycles. The molecule has 12 heavy (non-hydrogen) atoms. The molecule has 4 heteroatoms. The van der Waals surface area contributed by atoms with Crippen LogP contribution in [-0.2, 0) is 11.3 Å². The summed E-state index contributed by atoms with van der Waals surface area (Å²) in [6, 6.07) is 3.55. The highest BCUT2D eigenvalue weighted by Crippen LogP contribution is 2.01. The molecule has 0 unspecified atom stereocenters. The van der Waals surface area contributed by atoms with E-state index in [1.54, 1.807) is 18.4 Å². The third-order valence-corrected chi connectivity index (χ3v) is 1.35. The van der Waals surface area contributed by atoms with E-state index in [1.807, 2.05) is 0 Å². The average molecular weight is 172 g/mol. The first-order valence-electron chi connectivity index (χ1n) is 3.72. The number of hydrogen-bond donors (Lipinski definition) is 2. The normalized spacial score (nSPS) is 13.2. The van der Waals surface area contributed by atoms with Gasteiger partial charge in [0.2, 0.25) is 0 Å². The molecule has 0 bridgehead atoms. The van der Waals surface area contributed by atoms with Crippen LogP contribution >= 0.6 is 0 Å². The molecule has 0 spiro atoms. The summed E-state index contributed by atoms with van der Waals surface area (Å²) in [5.41, 5.74) is 0. The lowest BCUT2D eigenvalue weighted by molar-refractivity contribution is -0.00428. The fourth-order valence-electron chi connectivity index (χ4n) is 0.743. The molecular weight excluding hydrogens is 160 g/mol. The Morgan fingerprint density at radius 1 is 1.58 bits per heavy atom. The number of hydrogen-bond acceptors (Lipinski definition) is 4. The molecule has 2 N–H and O–H groups in total. The van der Waals surface area contributed by atoms with Crippen molar-refractivity contribution in [2.45, 2.75) is 12.7 Å². The summed E-state index contributed by atoms with van der Waals surface area (Å²) in [5.74, 6) is 0.708. The predicted molar refractivity (Wildman–Crippen MR) is 41.5 cm³/mol. The highest BCUT2D eigenvalue weighted by Gasteiger charge is 2.02. The summed E-state index contributed by atoms with van der Waals surface area (Å²) in [6.45, 7) is 0.166. The molecule has 0 aliphatic rings.